The van der Waals surface area contributed by atoms with Gasteiger partial charge in [0.05, 0.1) is 0 Å². The number of nitrogens with zero attached hydrogens (tertiary/aromatic N) is 1. The zero-order chi connectivity index (χ0) is 16.8. The van der Waals surface area contributed by atoms with Crippen molar-refractivity contribution in [3.63, 3.8) is 0 Å². The first-order valence-electron chi connectivity index (χ1n) is 8.07. The van der Waals surface area contributed by atoms with E-state index in [4.69, 9.17) is 4.74 Å². The number of aromatic nitrogens is 1. The van der Waals surface area contributed by atoms with Crippen molar-refractivity contribution in [2.45, 2.75) is 31.8 Å². The highest BCUT2D eigenvalue weighted by Gasteiger charge is 2.17. The summed E-state index contributed by atoms with van der Waals surface area (Å²) < 4.78 is 18.4. The molecule has 0 aliphatic carbocycles. The smallest absolute Gasteiger partial charge is 0.221 e. The normalized spacial score (nSPS) is 15.5. The molecule has 2 aromatic rings. The van der Waals surface area contributed by atoms with Gasteiger partial charge in [0.1, 0.15) is 11.6 Å². The standard InChI is InChI=1S/C18H20FN3O2.2ClH/c19-14-4-6-16(7-5-14)24-18-8-3-13(12-22-18)11-21-17(23)10-15-2-1-9-20-15;;/h3-8,12,15,20H,1-2,9-11H2,(H,21,23);2*1H. The summed E-state index contributed by atoms with van der Waals surface area (Å²) >= 11 is 0. The van der Waals surface area contributed by atoms with Crippen LogP contribution in [0, 0.1) is 5.82 Å². The number of halogens is 3. The molecule has 26 heavy (non-hydrogen) atoms. The predicted octanol–water partition coefficient (Wildman–Crippen LogP) is 3.61. The van der Waals surface area contributed by atoms with Crippen molar-refractivity contribution in [2.24, 2.45) is 0 Å². The summed E-state index contributed by atoms with van der Waals surface area (Å²) in [5.74, 6) is 0.677. The molecule has 2 heterocycles. The zero-order valence-corrected chi connectivity index (χ0v) is 15.7. The number of amides is 1. The average molecular weight is 402 g/mol. The molecule has 1 atom stereocenters. The van der Waals surface area contributed by atoms with Gasteiger partial charge < -0.3 is 15.4 Å². The molecule has 0 radical (unpaired) electrons. The number of pyridine rings is 1. The highest BCUT2D eigenvalue weighted by molar-refractivity contribution is 5.85. The van der Waals surface area contributed by atoms with Crippen LogP contribution in [0.5, 0.6) is 11.6 Å². The van der Waals surface area contributed by atoms with Gasteiger partial charge >= 0.3 is 0 Å². The van der Waals surface area contributed by atoms with Crippen LogP contribution in [-0.4, -0.2) is 23.5 Å². The lowest BCUT2D eigenvalue weighted by Crippen LogP contribution is -2.31. The topological polar surface area (TPSA) is 63.2 Å². The third kappa shape index (κ3) is 6.78. The number of carbonyl (C=O) groups excluding carboxylic acids is 1. The summed E-state index contributed by atoms with van der Waals surface area (Å²) in [4.78, 5) is 16.1. The second kappa shape index (κ2) is 11.0. The van der Waals surface area contributed by atoms with E-state index >= 15 is 0 Å². The van der Waals surface area contributed by atoms with Crippen molar-refractivity contribution in [2.75, 3.05) is 6.54 Å². The van der Waals surface area contributed by atoms with E-state index in [1.807, 2.05) is 6.07 Å². The summed E-state index contributed by atoms with van der Waals surface area (Å²) in [5, 5.41) is 6.21. The molecule has 0 saturated carbocycles. The summed E-state index contributed by atoms with van der Waals surface area (Å²) in [6, 6.07) is 9.62. The number of ether oxygens (including phenoxy) is 1. The molecule has 0 spiro atoms. The van der Waals surface area contributed by atoms with Gasteiger partial charge in [0.25, 0.3) is 0 Å². The summed E-state index contributed by atoms with van der Waals surface area (Å²) in [6.07, 6.45) is 4.37. The number of nitrogens with one attached hydrogen (secondary N) is 2. The van der Waals surface area contributed by atoms with Crippen LogP contribution in [0.2, 0.25) is 0 Å². The third-order valence-electron chi connectivity index (χ3n) is 3.92. The molecular weight excluding hydrogens is 380 g/mol. The minimum Gasteiger partial charge on any atom is -0.439 e. The Hall–Kier alpha value is -1.89. The van der Waals surface area contributed by atoms with E-state index in [1.54, 1.807) is 24.4 Å². The number of rotatable bonds is 6. The van der Waals surface area contributed by atoms with Crippen LogP contribution in [0.3, 0.4) is 0 Å². The summed E-state index contributed by atoms with van der Waals surface area (Å²) in [6.45, 7) is 1.44. The minimum atomic E-state index is -0.311. The molecule has 5 nitrogen and oxygen atoms in total. The first-order valence-corrected chi connectivity index (χ1v) is 8.07. The molecule has 142 valence electrons. The Morgan fingerprint density at radius 3 is 2.62 bits per heavy atom. The van der Waals surface area contributed by atoms with Crippen LogP contribution in [0.25, 0.3) is 0 Å². The number of benzene rings is 1. The Balaban J connectivity index is 0.00000169. The molecule has 1 aliphatic heterocycles. The molecule has 1 aliphatic rings. The van der Waals surface area contributed by atoms with E-state index in [0.717, 1.165) is 24.9 Å². The van der Waals surface area contributed by atoms with E-state index < -0.39 is 0 Å². The fourth-order valence-corrected chi connectivity index (χ4v) is 2.63. The Kier molecular flexibility index (Phi) is 9.34. The van der Waals surface area contributed by atoms with Gasteiger partial charge in [-0.05, 0) is 49.2 Å². The van der Waals surface area contributed by atoms with Gasteiger partial charge in [0.2, 0.25) is 11.8 Å². The van der Waals surface area contributed by atoms with Crippen LogP contribution in [0.1, 0.15) is 24.8 Å². The number of hydrogen-bond acceptors (Lipinski definition) is 4. The maximum absolute atomic E-state index is 12.8. The number of hydrogen-bond donors (Lipinski definition) is 2. The molecular formula is C18H22Cl2FN3O2. The highest BCUT2D eigenvalue weighted by Crippen LogP contribution is 2.19. The minimum absolute atomic E-state index is 0. The van der Waals surface area contributed by atoms with Crippen molar-refractivity contribution in [1.82, 2.24) is 15.6 Å². The second-order valence-electron chi connectivity index (χ2n) is 5.83. The fourth-order valence-electron chi connectivity index (χ4n) is 2.63. The van der Waals surface area contributed by atoms with Crippen LogP contribution in [0.4, 0.5) is 4.39 Å². The summed E-state index contributed by atoms with van der Waals surface area (Å²) in [7, 11) is 0. The molecule has 1 fully saturated rings. The van der Waals surface area contributed by atoms with Gasteiger partial charge in [-0.2, -0.15) is 0 Å². The first kappa shape index (κ1) is 22.2. The number of carbonyl (C=O) groups is 1. The fraction of sp³-hybridized carbons (Fsp3) is 0.333. The maximum atomic E-state index is 12.8. The van der Waals surface area contributed by atoms with Crippen molar-refractivity contribution in [3.8, 4) is 11.6 Å². The summed E-state index contributed by atoms with van der Waals surface area (Å²) in [5.41, 5.74) is 0.897. The van der Waals surface area contributed by atoms with Gasteiger partial charge in [0.15, 0.2) is 0 Å². The Morgan fingerprint density at radius 2 is 2.00 bits per heavy atom. The Morgan fingerprint density at radius 1 is 1.23 bits per heavy atom. The van der Waals surface area contributed by atoms with Crippen molar-refractivity contribution in [1.29, 1.82) is 0 Å². The van der Waals surface area contributed by atoms with Gasteiger partial charge in [0, 0.05) is 31.3 Å². The zero-order valence-electron chi connectivity index (χ0n) is 14.1. The van der Waals surface area contributed by atoms with E-state index in [0.29, 0.717) is 30.6 Å². The first-order chi connectivity index (χ1) is 11.7. The highest BCUT2D eigenvalue weighted by atomic mass is 35.5. The molecule has 1 amide bonds. The van der Waals surface area contributed by atoms with E-state index in [-0.39, 0.29) is 36.5 Å². The van der Waals surface area contributed by atoms with E-state index in [1.165, 1.54) is 12.1 Å². The largest absolute Gasteiger partial charge is 0.439 e. The van der Waals surface area contributed by atoms with Crippen LogP contribution in [0.15, 0.2) is 42.6 Å². The molecule has 0 bridgehead atoms. The van der Waals surface area contributed by atoms with Crippen LogP contribution in [-0.2, 0) is 11.3 Å². The quantitative estimate of drug-likeness (QED) is 0.775. The van der Waals surface area contributed by atoms with Gasteiger partial charge in [-0.15, -0.1) is 24.8 Å². The maximum Gasteiger partial charge on any atom is 0.221 e. The Bertz CT molecular complexity index is 678. The van der Waals surface area contributed by atoms with E-state index in [9.17, 15) is 9.18 Å². The van der Waals surface area contributed by atoms with Crippen LogP contribution < -0.4 is 15.4 Å². The molecule has 1 unspecified atom stereocenters. The van der Waals surface area contributed by atoms with Crippen molar-refractivity contribution >= 4 is 30.7 Å². The van der Waals surface area contributed by atoms with Gasteiger partial charge in [-0.25, -0.2) is 9.37 Å². The van der Waals surface area contributed by atoms with Gasteiger partial charge in [-0.3, -0.25) is 4.79 Å². The third-order valence-corrected chi connectivity index (χ3v) is 3.92. The molecule has 1 aromatic carbocycles. The average Bonchev–Trinajstić information content (AvgIpc) is 3.09. The second-order valence-corrected chi connectivity index (χ2v) is 5.83. The molecule has 2 N–H and O–H groups in total. The van der Waals surface area contributed by atoms with E-state index in [2.05, 4.69) is 15.6 Å². The Labute approximate surface area is 164 Å². The lowest BCUT2D eigenvalue weighted by Gasteiger charge is -2.10. The lowest BCUT2D eigenvalue weighted by atomic mass is 10.1. The monoisotopic (exact) mass is 401 g/mol. The molecule has 3 rings (SSSR count). The van der Waals surface area contributed by atoms with Crippen LogP contribution >= 0.6 is 24.8 Å². The molecule has 8 heteroatoms. The van der Waals surface area contributed by atoms with Gasteiger partial charge in [-0.1, -0.05) is 6.07 Å². The predicted molar refractivity (Wildman–Crippen MR) is 103 cm³/mol. The van der Waals surface area contributed by atoms with Crippen molar-refractivity contribution < 1.29 is 13.9 Å². The lowest BCUT2D eigenvalue weighted by molar-refractivity contribution is -0.121. The SMILES string of the molecule is Cl.Cl.O=C(CC1CCCN1)NCc1ccc(Oc2ccc(F)cc2)nc1. The van der Waals surface area contributed by atoms with Crippen molar-refractivity contribution in [3.05, 3.63) is 54.0 Å². The molecule has 1 saturated heterocycles. The molecule has 1 aromatic heterocycles.